The highest BCUT2D eigenvalue weighted by atomic mass is 16.5. The van der Waals surface area contributed by atoms with Crippen LogP contribution in [0.4, 0.5) is 5.69 Å². The molecule has 1 aliphatic rings. The Bertz CT molecular complexity index is 574. The predicted molar refractivity (Wildman–Crippen MR) is 73.9 cm³/mol. The van der Waals surface area contributed by atoms with Crippen molar-refractivity contribution < 1.29 is 4.74 Å². The van der Waals surface area contributed by atoms with Crippen LogP contribution < -0.4 is 10.5 Å². The van der Waals surface area contributed by atoms with Gasteiger partial charge in [0.05, 0.1) is 18.3 Å². The molecule has 0 unspecified atom stereocenters. The summed E-state index contributed by atoms with van der Waals surface area (Å²) < 4.78 is 5.23. The third-order valence-electron chi connectivity index (χ3n) is 3.83. The Labute approximate surface area is 107 Å². The molecule has 1 heterocycles. The number of rotatable bonds is 2. The minimum atomic E-state index is 0.621. The molecule has 2 N–H and O–H groups in total. The third kappa shape index (κ3) is 1.90. The number of methoxy groups -OCH3 is 1. The van der Waals surface area contributed by atoms with E-state index in [1.165, 1.54) is 31.4 Å². The van der Waals surface area contributed by atoms with Crippen LogP contribution in [0.25, 0.3) is 10.9 Å². The van der Waals surface area contributed by atoms with E-state index in [2.05, 4.69) is 12.1 Å². The van der Waals surface area contributed by atoms with Gasteiger partial charge in [-0.15, -0.1) is 0 Å². The number of ether oxygens (including phenoxy) is 1. The van der Waals surface area contributed by atoms with Crippen LogP contribution in [0, 0.1) is 0 Å². The SMILES string of the molecule is COc1cc(N)c2nc(C3CCCC3)ccc2c1. The van der Waals surface area contributed by atoms with Crippen LogP contribution in [0.3, 0.4) is 0 Å². The standard InChI is InChI=1S/C15H18N2O/c1-18-12-8-11-6-7-14(10-4-2-3-5-10)17-15(11)13(16)9-12/h6-10H,2-5,16H2,1H3. The minimum Gasteiger partial charge on any atom is -0.497 e. The van der Waals surface area contributed by atoms with E-state index in [0.29, 0.717) is 11.6 Å². The quantitative estimate of drug-likeness (QED) is 0.820. The lowest BCUT2D eigenvalue weighted by atomic mass is 10.0. The number of nitrogens with two attached hydrogens (primary N) is 1. The first kappa shape index (κ1) is 11.3. The monoisotopic (exact) mass is 242 g/mol. The van der Waals surface area contributed by atoms with Crippen molar-refractivity contribution >= 4 is 16.6 Å². The first-order valence-electron chi connectivity index (χ1n) is 6.52. The number of nitrogens with zero attached hydrogens (tertiary/aromatic N) is 1. The van der Waals surface area contributed by atoms with Gasteiger partial charge in [0.1, 0.15) is 5.75 Å². The summed E-state index contributed by atoms with van der Waals surface area (Å²) in [5, 5.41) is 1.05. The second-order valence-corrected chi connectivity index (χ2v) is 5.01. The highest BCUT2D eigenvalue weighted by molar-refractivity contribution is 5.90. The summed E-state index contributed by atoms with van der Waals surface area (Å²) in [6.45, 7) is 0. The van der Waals surface area contributed by atoms with Gasteiger partial charge in [-0.3, -0.25) is 4.98 Å². The second-order valence-electron chi connectivity index (χ2n) is 5.01. The molecule has 0 atom stereocenters. The molecule has 94 valence electrons. The lowest BCUT2D eigenvalue weighted by Gasteiger charge is -2.11. The first-order chi connectivity index (χ1) is 8.78. The van der Waals surface area contributed by atoms with E-state index in [9.17, 15) is 0 Å². The van der Waals surface area contributed by atoms with E-state index < -0.39 is 0 Å². The van der Waals surface area contributed by atoms with Crippen molar-refractivity contribution in [3.63, 3.8) is 0 Å². The Kier molecular flexibility index (Phi) is 2.82. The maximum absolute atomic E-state index is 6.06. The predicted octanol–water partition coefficient (Wildman–Crippen LogP) is 3.48. The van der Waals surface area contributed by atoms with E-state index in [1.807, 2.05) is 12.1 Å². The first-order valence-corrected chi connectivity index (χ1v) is 6.52. The van der Waals surface area contributed by atoms with E-state index in [1.54, 1.807) is 7.11 Å². The molecule has 0 spiro atoms. The molecule has 3 heteroatoms. The smallest absolute Gasteiger partial charge is 0.121 e. The number of benzene rings is 1. The van der Waals surface area contributed by atoms with Gasteiger partial charge in [-0.1, -0.05) is 18.9 Å². The molecule has 1 fully saturated rings. The van der Waals surface area contributed by atoms with Crippen molar-refractivity contribution in [3.8, 4) is 5.75 Å². The number of hydrogen-bond donors (Lipinski definition) is 1. The molecule has 0 saturated heterocycles. The number of anilines is 1. The Balaban J connectivity index is 2.08. The van der Waals surface area contributed by atoms with Crippen LogP contribution in [0.15, 0.2) is 24.3 Å². The van der Waals surface area contributed by atoms with E-state index in [-0.39, 0.29) is 0 Å². The largest absolute Gasteiger partial charge is 0.497 e. The molecule has 1 aromatic carbocycles. The van der Waals surface area contributed by atoms with Gasteiger partial charge >= 0.3 is 0 Å². The summed E-state index contributed by atoms with van der Waals surface area (Å²) in [4.78, 5) is 4.75. The van der Waals surface area contributed by atoms with Crippen molar-refractivity contribution in [1.29, 1.82) is 0 Å². The molecule has 0 radical (unpaired) electrons. The second kappa shape index (κ2) is 4.48. The van der Waals surface area contributed by atoms with Crippen LogP contribution in [0.5, 0.6) is 5.75 Å². The molecule has 18 heavy (non-hydrogen) atoms. The van der Waals surface area contributed by atoms with Gasteiger partial charge in [-0.05, 0) is 25.0 Å². The van der Waals surface area contributed by atoms with Gasteiger partial charge in [-0.2, -0.15) is 0 Å². The Morgan fingerprint density at radius 1 is 1.22 bits per heavy atom. The molecule has 1 aromatic heterocycles. The van der Waals surface area contributed by atoms with Crippen LogP contribution in [0.1, 0.15) is 37.3 Å². The number of fused-ring (bicyclic) bond motifs is 1. The van der Waals surface area contributed by atoms with Gasteiger partial charge < -0.3 is 10.5 Å². The van der Waals surface area contributed by atoms with E-state index in [0.717, 1.165) is 16.7 Å². The van der Waals surface area contributed by atoms with Gasteiger partial charge in [0.15, 0.2) is 0 Å². The average Bonchev–Trinajstić information content (AvgIpc) is 2.92. The summed E-state index contributed by atoms with van der Waals surface area (Å²) in [6.07, 6.45) is 5.16. The van der Waals surface area contributed by atoms with Crippen molar-refractivity contribution in [3.05, 3.63) is 30.0 Å². The Hall–Kier alpha value is -1.77. The normalized spacial score (nSPS) is 16.3. The van der Waals surface area contributed by atoms with Crippen LogP contribution >= 0.6 is 0 Å². The van der Waals surface area contributed by atoms with Crippen LogP contribution in [0.2, 0.25) is 0 Å². The molecule has 3 nitrogen and oxygen atoms in total. The maximum Gasteiger partial charge on any atom is 0.121 e. The van der Waals surface area contributed by atoms with Gasteiger partial charge in [0.25, 0.3) is 0 Å². The molecule has 0 amide bonds. The minimum absolute atomic E-state index is 0.621. The van der Waals surface area contributed by atoms with Crippen molar-refractivity contribution in [2.24, 2.45) is 0 Å². The van der Waals surface area contributed by atoms with Crippen molar-refractivity contribution in [2.45, 2.75) is 31.6 Å². The maximum atomic E-state index is 6.06. The zero-order valence-corrected chi connectivity index (χ0v) is 10.6. The fourth-order valence-electron chi connectivity index (χ4n) is 2.82. The fraction of sp³-hybridized carbons (Fsp3) is 0.400. The Morgan fingerprint density at radius 3 is 2.72 bits per heavy atom. The lowest BCUT2D eigenvalue weighted by molar-refractivity contribution is 0.415. The zero-order valence-electron chi connectivity index (χ0n) is 10.6. The molecular weight excluding hydrogens is 224 g/mol. The number of pyridine rings is 1. The summed E-state index contributed by atoms with van der Waals surface area (Å²) in [5.41, 5.74) is 8.85. The molecular formula is C15H18N2O. The molecule has 2 aromatic rings. The highest BCUT2D eigenvalue weighted by Gasteiger charge is 2.18. The van der Waals surface area contributed by atoms with Crippen LogP contribution in [-0.2, 0) is 0 Å². The van der Waals surface area contributed by atoms with Crippen molar-refractivity contribution in [1.82, 2.24) is 4.98 Å². The number of aromatic nitrogens is 1. The summed E-state index contributed by atoms with van der Waals surface area (Å²) in [6, 6.07) is 8.07. The molecule has 0 aliphatic heterocycles. The van der Waals surface area contributed by atoms with Crippen molar-refractivity contribution in [2.75, 3.05) is 12.8 Å². The molecule has 1 aliphatic carbocycles. The van der Waals surface area contributed by atoms with Gasteiger partial charge in [0, 0.05) is 23.1 Å². The van der Waals surface area contributed by atoms with Gasteiger partial charge in [-0.25, -0.2) is 0 Å². The number of hydrogen-bond acceptors (Lipinski definition) is 3. The number of nitrogen functional groups attached to an aromatic ring is 1. The van der Waals surface area contributed by atoms with Crippen LogP contribution in [-0.4, -0.2) is 12.1 Å². The summed E-state index contributed by atoms with van der Waals surface area (Å²) in [7, 11) is 1.65. The zero-order chi connectivity index (χ0) is 12.5. The van der Waals surface area contributed by atoms with E-state index in [4.69, 9.17) is 15.5 Å². The summed E-state index contributed by atoms with van der Waals surface area (Å²) >= 11 is 0. The average molecular weight is 242 g/mol. The third-order valence-corrected chi connectivity index (χ3v) is 3.83. The topological polar surface area (TPSA) is 48.1 Å². The Morgan fingerprint density at radius 2 is 2.00 bits per heavy atom. The molecule has 0 bridgehead atoms. The molecule has 1 saturated carbocycles. The highest BCUT2D eigenvalue weighted by Crippen LogP contribution is 2.35. The summed E-state index contributed by atoms with van der Waals surface area (Å²) in [5.74, 6) is 1.41. The van der Waals surface area contributed by atoms with E-state index >= 15 is 0 Å². The molecule has 3 rings (SSSR count). The van der Waals surface area contributed by atoms with Gasteiger partial charge in [0.2, 0.25) is 0 Å². The fourth-order valence-corrected chi connectivity index (χ4v) is 2.82. The lowest BCUT2D eigenvalue weighted by Crippen LogP contribution is -1.99.